The lowest BCUT2D eigenvalue weighted by atomic mass is 10.2. The summed E-state index contributed by atoms with van der Waals surface area (Å²) in [7, 11) is 3.33. The zero-order valence-electron chi connectivity index (χ0n) is 16.3. The molecule has 4 rings (SSSR count). The van der Waals surface area contributed by atoms with Crippen molar-refractivity contribution in [1.29, 1.82) is 0 Å². The van der Waals surface area contributed by atoms with Gasteiger partial charge in [-0.25, -0.2) is 0 Å². The second kappa shape index (κ2) is 8.57. The minimum atomic E-state index is 0.473. The molecular weight excluding hydrogens is 432 g/mol. The summed E-state index contributed by atoms with van der Waals surface area (Å²) in [6, 6.07) is 19.9. The average Bonchev–Trinajstić information content (AvgIpc) is 3.14. The summed E-state index contributed by atoms with van der Waals surface area (Å²) in [5, 5.41) is 5.61. The summed E-state index contributed by atoms with van der Waals surface area (Å²) >= 11 is 3.61. The van der Waals surface area contributed by atoms with Crippen LogP contribution in [0.5, 0.6) is 17.2 Å². The third-order valence-corrected chi connectivity index (χ3v) is 5.36. The number of rotatable bonds is 7. The van der Waals surface area contributed by atoms with Gasteiger partial charge in [-0.15, -0.1) is 0 Å². The molecule has 0 spiro atoms. The molecule has 0 N–H and O–H groups in total. The van der Waals surface area contributed by atoms with E-state index in [4.69, 9.17) is 14.2 Å². The van der Waals surface area contributed by atoms with E-state index in [1.54, 1.807) is 14.2 Å². The minimum absolute atomic E-state index is 0.473. The summed E-state index contributed by atoms with van der Waals surface area (Å²) in [4.78, 5) is 0. The Morgan fingerprint density at radius 1 is 0.862 bits per heavy atom. The van der Waals surface area contributed by atoms with Crippen LogP contribution in [-0.2, 0) is 13.2 Å². The number of methoxy groups -OCH3 is 2. The van der Waals surface area contributed by atoms with Crippen LogP contribution in [0.25, 0.3) is 10.9 Å². The highest BCUT2D eigenvalue weighted by atomic mass is 79.9. The van der Waals surface area contributed by atoms with Crippen molar-refractivity contribution in [1.82, 2.24) is 9.78 Å². The van der Waals surface area contributed by atoms with Gasteiger partial charge in [-0.2, -0.15) is 5.10 Å². The highest BCUT2D eigenvalue weighted by Gasteiger charge is 2.10. The van der Waals surface area contributed by atoms with E-state index >= 15 is 0 Å². The van der Waals surface area contributed by atoms with Crippen molar-refractivity contribution in [3.8, 4) is 17.2 Å². The van der Waals surface area contributed by atoms with Gasteiger partial charge in [0.15, 0.2) is 0 Å². The molecule has 29 heavy (non-hydrogen) atoms. The highest BCUT2D eigenvalue weighted by Crippen LogP contribution is 2.31. The molecule has 0 amide bonds. The second-order valence-electron chi connectivity index (χ2n) is 6.63. The summed E-state index contributed by atoms with van der Waals surface area (Å²) in [5.74, 6) is 2.46. The first-order valence-corrected chi connectivity index (χ1v) is 9.99. The maximum atomic E-state index is 6.06. The van der Waals surface area contributed by atoms with Gasteiger partial charge in [0.25, 0.3) is 0 Å². The van der Waals surface area contributed by atoms with Gasteiger partial charge in [0, 0.05) is 11.5 Å². The quantitative estimate of drug-likeness (QED) is 0.374. The molecule has 0 bridgehead atoms. The molecule has 0 saturated heterocycles. The molecule has 0 aliphatic rings. The fraction of sp³-hybridized carbons (Fsp3) is 0.174. The van der Waals surface area contributed by atoms with Crippen molar-refractivity contribution in [2.75, 3.05) is 14.2 Å². The van der Waals surface area contributed by atoms with Gasteiger partial charge in [0.05, 0.1) is 37.0 Å². The van der Waals surface area contributed by atoms with E-state index in [1.807, 2.05) is 71.5 Å². The number of aromatic nitrogens is 2. The van der Waals surface area contributed by atoms with Crippen molar-refractivity contribution >= 4 is 26.8 Å². The molecule has 6 heteroatoms. The van der Waals surface area contributed by atoms with Crippen molar-refractivity contribution in [2.45, 2.75) is 13.2 Å². The maximum Gasteiger partial charge on any atom is 0.136 e. The molecule has 0 fully saturated rings. The standard InChI is InChI=1S/C23H21BrN2O3/c1-27-19-7-3-16(4-8-19)14-26-22-12-23(21(24)11-18(22)13-25-26)29-15-17-5-9-20(28-2)10-6-17/h3-13H,14-15H2,1-2H3. The van der Waals surface area contributed by atoms with E-state index in [2.05, 4.69) is 21.0 Å². The second-order valence-corrected chi connectivity index (χ2v) is 7.48. The molecular formula is C23H21BrN2O3. The number of hydrogen-bond donors (Lipinski definition) is 0. The van der Waals surface area contributed by atoms with Crippen LogP contribution in [0.3, 0.4) is 0 Å². The summed E-state index contributed by atoms with van der Waals surface area (Å²) in [5.41, 5.74) is 3.25. The first kappa shape index (κ1) is 19.3. The predicted molar refractivity (Wildman–Crippen MR) is 117 cm³/mol. The summed E-state index contributed by atoms with van der Waals surface area (Å²) in [6.07, 6.45) is 1.87. The van der Waals surface area contributed by atoms with Gasteiger partial charge in [0.1, 0.15) is 23.9 Å². The monoisotopic (exact) mass is 452 g/mol. The largest absolute Gasteiger partial charge is 0.497 e. The third-order valence-electron chi connectivity index (χ3n) is 4.74. The van der Waals surface area contributed by atoms with Crippen LogP contribution >= 0.6 is 15.9 Å². The van der Waals surface area contributed by atoms with Crippen molar-refractivity contribution in [3.63, 3.8) is 0 Å². The number of fused-ring (bicyclic) bond motifs is 1. The summed E-state index contributed by atoms with van der Waals surface area (Å²) in [6.45, 7) is 1.15. The SMILES string of the molecule is COc1ccc(COc2cc3c(cnn3Cc3ccc(OC)cc3)cc2Br)cc1. The molecule has 1 heterocycles. The van der Waals surface area contributed by atoms with Crippen LogP contribution in [0.1, 0.15) is 11.1 Å². The number of benzene rings is 3. The van der Waals surface area contributed by atoms with Gasteiger partial charge in [-0.1, -0.05) is 24.3 Å². The lowest BCUT2D eigenvalue weighted by Gasteiger charge is -2.11. The van der Waals surface area contributed by atoms with Gasteiger partial charge in [0.2, 0.25) is 0 Å². The predicted octanol–water partition coefficient (Wildman–Crippen LogP) is 5.44. The molecule has 1 aromatic heterocycles. The van der Waals surface area contributed by atoms with Crippen LogP contribution in [-0.4, -0.2) is 24.0 Å². The molecule has 0 radical (unpaired) electrons. The first-order chi connectivity index (χ1) is 14.2. The normalized spacial score (nSPS) is 10.9. The number of ether oxygens (including phenoxy) is 3. The van der Waals surface area contributed by atoms with E-state index in [-0.39, 0.29) is 0 Å². The first-order valence-electron chi connectivity index (χ1n) is 9.20. The fourth-order valence-corrected chi connectivity index (χ4v) is 3.58. The molecule has 0 aliphatic carbocycles. The Labute approximate surface area is 178 Å². The van der Waals surface area contributed by atoms with Gasteiger partial charge >= 0.3 is 0 Å². The Morgan fingerprint density at radius 2 is 1.48 bits per heavy atom. The van der Waals surface area contributed by atoms with Crippen LogP contribution in [0.2, 0.25) is 0 Å². The summed E-state index contributed by atoms with van der Waals surface area (Å²) < 4.78 is 19.4. The van der Waals surface area contributed by atoms with E-state index in [0.717, 1.165) is 43.8 Å². The third kappa shape index (κ3) is 4.38. The van der Waals surface area contributed by atoms with Crippen molar-refractivity contribution < 1.29 is 14.2 Å². The van der Waals surface area contributed by atoms with Crippen molar-refractivity contribution in [3.05, 3.63) is 82.5 Å². The number of nitrogens with zero attached hydrogens (tertiary/aromatic N) is 2. The van der Waals surface area contributed by atoms with Crippen LogP contribution < -0.4 is 14.2 Å². The van der Waals surface area contributed by atoms with E-state index in [1.165, 1.54) is 0 Å². The van der Waals surface area contributed by atoms with Crippen LogP contribution in [0.15, 0.2) is 71.3 Å². The number of halogens is 1. The molecule has 5 nitrogen and oxygen atoms in total. The smallest absolute Gasteiger partial charge is 0.136 e. The Morgan fingerprint density at radius 3 is 2.10 bits per heavy atom. The molecule has 0 atom stereocenters. The van der Waals surface area contributed by atoms with E-state index in [0.29, 0.717) is 13.2 Å². The zero-order valence-corrected chi connectivity index (χ0v) is 17.8. The molecule has 4 aromatic rings. The Hall–Kier alpha value is -2.99. The van der Waals surface area contributed by atoms with Gasteiger partial charge in [-0.05, 0) is 57.4 Å². The van der Waals surface area contributed by atoms with Crippen molar-refractivity contribution in [2.24, 2.45) is 0 Å². The topological polar surface area (TPSA) is 45.5 Å². The van der Waals surface area contributed by atoms with Crippen LogP contribution in [0.4, 0.5) is 0 Å². The zero-order chi connectivity index (χ0) is 20.2. The lowest BCUT2D eigenvalue weighted by molar-refractivity contribution is 0.304. The van der Waals surface area contributed by atoms with E-state index in [9.17, 15) is 0 Å². The molecule has 0 saturated carbocycles. The Bertz CT molecular complexity index is 1110. The highest BCUT2D eigenvalue weighted by molar-refractivity contribution is 9.10. The fourth-order valence-electron chi connectivity index (χ4n) is 3.10. The van der Waals surface area contributed by atoms with Crippen LogP contribution in [0, 0.1) is 0 Å². The number of hydrogen-bond acceptors (Lipinski definition) is 4. The minimum Gasteiger partial charge on any atom is -0.497 e. The van der Waals surface area contributed by atoms with Gasteiger partial charge < -0.3 is 14.2 Å². The van der Waals surface area contributed by atoms with Gasteiger partial charge in [-0.3, -0.25) is 4.68 Å². The molecule has 3 aromatic carbocycles. The molecule has 0 unspecified atom stereocenters. The van der Waals surface area contributed by atoms with E-state index < -0.39 is 0 Å². The molecule has 148 valence electrons. The lowest BCUT2D eigenvalue weighted by Crippen LogP contribution is -2.02. The molecule has 0 aliphatic heterocycles. The average molecular weight is 453 g/mol. The Balaban J connectivity index is 1.54. The maximum absolute atomic E-state index is 6.06. The Kier molecular flexibility index (Phi) is 5.71.